The zero-order valence-corrected chi connectivity index (χ0v) is 6.94. The van der Waals surface area contributed by atoms with Crippen molar-refractivity contribution in [2.75, 3.05) is 13.2 Å². The number of hydrogen-bond donors (Lipinski definition) is 3. The van der Waals surface area contributed by atoms with Gasteiger partial charge in [-0.25, -0.2) is 0 Å². The maximum Gasteiger partial charge on any atom is 0.182 e. The van der Waals surface area contributed by atoms with Crippen LogP contribution in [-0.4, -0.2) is 41.8 Å². The molecule has 0 amide bonds. The Hall–Kier alpha value is -0.160. The van der Waals surface area contributed by atoms with Crippen molar-refractivity contribution >= 4 is 0 Å². The zero-order valence-electron chi connectivity index (χ0n) is 6.94. The topological polar surface area (TPSA) is 65.0 Å². The van der Waals surface area contributed by atoms with Crippen molar-refractivity contribution in [1.82, 2.24) is 5.32 Å². The van der Waals surface area contributed by atoms with Crippen LogP contribution in [0.15, 0.2) is 0 Å². The highest BCUT2D eigenvalue weighted by Crippen LogP contribution is 2.31. The van der Waals surface area contributed by atoms with Crippen molar-refractivity contribution in [2.24, 2.45) is 5.92 Å². The Labute approximate surface area is 71.5 Å². The number of epoxide rings is 1. The molecule has 2 heterocycles. The molecule has 0 spiro atoms. The smallest absolute Gasteiger partial charge is 0.182 e. The van der Waals surface area contributed by atoms with E-state index in [1.165, 1.54) is 0 Å². The highest BCUT2D eigenvalue weighted by Gasteiger charge is 2.44. The lowest BCUT2D eigenvalue weighted by atomic mass is 9.92. The van der Waals surface area contributed by atoms with Gasteiger partial charge < -0.3 is 20.3 Å². The molecular weight excluding hydrogens is 158 g/mol. The third kappa shape index (κ3) is 1.61. The van der Waals surface area contributed by atoms with Crippen LogP contribution in [0.3, 0.4) is 0 Å². The molecule has 0 aromatic carbocycles. The van der Waals surface area contributed by atoms with Gasteiger partial charge in [0.15, 0.2) is 6.29 Å². The Morgan fingerprint density at radius 2 is 2.17 bits per heavy atom. The van der Waals surface area contributed by atoms with Gasteiger partial charge in [-0.15, -0.1) is 0 Å². The molecule has 2 aliphatic heterocycles. The number of aliphatic hydroxyl groups is 2. The van der Waals surface area contributed by atoms with E-state index < -0.39 is 6.29 Å². The van der Waals surface area contributed by atoms with Crippen LogP contribution in [0.25, 0.3) is 0 Å². The molecular formula is C8H15NO3. The van der Waals surface area contributed by atoms with Crippen LogP contribution < -0.4 is 5.32 Å². The minimum absolute atomic E-state index is 0.0529. The van der Waals surface area contributed by atoms with E-state index in [1.807, 2.05) is 0 Å². The van der Waals surface area contributed by atoms with Crippen LogP contribution in [0.2, 0.25) is 0 Å². The summed E-state index contributed by atoms with van der Waals surface area (Å²) < 4.78 is 4.98. The molecule has 2 rings (SSSR count). The molecule has 2 fully saturated rings. The second-order valence-corrected chi connectivity index (χ2v) is 3.62. The van der Waals surface area contributed by atoms with E-state index in [9.17, 15) is 0 Å². The molecule has 0 saturated carbocycles. The number of rotatable bonds is 2. The molecule has 4 nitrogen and oxygen atoms in total. The van der Waals surface area contributed by atoms with Crippen molar-refractivity contribution in [3.05, 3.63) is 0 Å². The van der Waals surface area contributed by atoms with Gasteiger partial charge in [0.05, 0.1) is 6.61 Å². The number of piperidine rings is 1. The van der Waals surface area contributed by atoms with Crippen LogP contribution in [0.5, 0.6) is 0 Å². The Kier molecular flexibility index (Phi) is 2.32. The SMILES string of the molecule is OCC1CCC(C2OC2O)CN1. The van der Waals surface area contributed by atoms with Crippen molar-refractivity contribution in [3.63, 3.8) is 0 Å². The standard InChI is InChI=1S/C8H15NO3/c10-4-6-2-1-5(3-9-6)7-8(11)12-7/h5-11H,1-4H2. The Morgan fingerprint density at radius 1 is 1.42 bits per heavy atom. The molecule has 0 aliphatic carbocycles. The van der Waals surface area contributed by atoms with E-state index in [1.54, 1.807) is 0 Å². The lowest BCUT2D eigenvalue weighted by Gasteiger charge is -2.27. The molecule has 70 valence electrons. The van der Waals surface area contributed by atoms with E-state index in [0.717, 1.165) is 19.4 Å². The van der Waals surface area contributed by atoms with E-state index >= 15 is 0 Å². The molecule has 0 radical (unpaired) electrons. The maximum absolute atomic E-state index is 9.00. The summed E-state index contributed by atoms with van der Waals surface area (Å²) in [7, 11) is 0. The van der Waals surface area contributed by atoms with Crippen LogP contribution >= 0.6 is 0 Å². The predicted octanol–water partition coefficient (Wildman–Crippen LogP) is -0.936. The van der Waals surface area contributed by atoms with Gasteiger partial charge in [0, 0.05) is 18.5 Å². The highest BCUT2D eigenvalue weighted by atomic mass is 16.7. The van der Waals surface area contributed by atoms with Crippen LogP contribution in [-0.2, 0) is 4.74 Å². The summed E-state index contributed by atoms with van der Waals surface area (Å²) in [5, 5.41) is 21.1. The number of nitrogens with one attached hydrogen (secondary N) is 1. The summed E-state index contributed by atoms with van der Waals surface area (Å²) in [6, 6.07) is 0.247. The van der Waals surface area contributed by atoms with E-state index in [0.29, 0.717) is 5.92 Å². The Balaban J connectivity index is 1.75. The minimum Gasteiger partial charge on any atom is -0.395 e. The average molecular weight is 173 g/mol. The predicted molar refractivity (Wildman–Crippen MR) is 42.5 cm³/mol. The largest absolute Gasteiger partial charge is 0.395 e. The van der Waals surface area contributed by atoms with Gasteiger partial charge in [-0.05, 0) is 12.8 Å². The zero-order chi connectivity index (χ0) is 8.55. The van der Waals surface area contributed by atoms with Crippen LogP contribution in [0.4, 0.5) is 0 Å². The first kappa shape index (κ1) is 8.44. The minimum atomic E-state index is -0.525. The molecule has 4 atom stereocenters. The van der Waals surface area contributed by atoms with Gasteiger partial charge in [0.1, 0.15) is 6.10 Å². The lowest BCUT2D eigenvalue weighted by Crippen LogP contribution is -2.42. The molecule has 4 unspecified atom stereocenters. The first-order valence-corrected chi connectivity index (χ1v) is 4.49. The quantitative estimate of drug-likeness (QED) is 0.472. The number of hydrogen-bond acceptors (Lipinski definition) is 4. The van der Waals surface area contributed by atoms with E-state index in [4.69, 9.17) is 14.9 Å². The molecule has 4 heteroatoms. The van der Waals surface area contributed by atoms with E-state index in [2.05, 4.69) is 5.32 Å². The van der Waals surface area contributed by atoms with Crippen molar-refractivity contribution in [2.45, 2.75) is 31.3 Å². The second kappa shape index (κ2) is 3.30. The molecule has 0 aromatic heterocycles. The molecule has 2 saturated heterocycles. The second-order valence-electron chi connectivity index (χ2n) is 3.62. The van der Waals surface area contributed by atoms with E-state index in [-0.39, 0.29) is 18.8 Å². The number of aliphatic hydroxyl groups excluding tert-OH is 2. The summed E-state index contributed by atoms with van der Waals surface area (Å²) in [6.07, 6.45) is 1.55. The summed E-state index contributed by atoms with van der Waals surface area (Å²) in [5.74, 6) is 0.433. The molecule has 0 bridgehead atoms. The van der Waals surface area contributed by atoms with Gasteiger partial charge in [-0.1, -0.05) is 0 Å². The average Bonchev–Trinajstić information content (AvgIpc) is 2.83. The maximum atomic E-state index is 9.00. The summed E-state index contributed by atoms with van der Waals surface area (Å²) in [6.45, 7) is 1.06. The monoisotopic (exact) mass is 173 g/mol. The third-order valence-corrected chi connectivity index (χ3v) is 2.74. The number of ether oxygens (including phenoxy) is 1. The molecule has 2 aliphatic rings. The van der Waals surface area contributed by atoms with Crippen molar-refractivity contribution < 1.29 is 14.9 Å². The Morgan fingerprint density at radius 3 is 2.58 bits per heavy atom. The van der Waals surface area contributed by atoms with Gasteiger partial charge >= 0.3 is 0 Å². The summed E-state index contributed by atoms with van der Waals surface area (Å²) >= 11 is 0. The van der Waals surface area contributed by atoms with Gasteiger partial charge in [0.25, 0.3) is 0 Å². The molecule has 0 aromatic rings. The first-order chi connectivity index (χ1) is 5.81. The van der Waals surface area contributed by atoms with Gasteiger partial charge in [-0.2, -0.15) is 0 Å². The molecule has 12 heavy (non-hydrogen) atoms. The van der Waals surface area contributed by atoms with Gasteiger partial charge in [0.2, 0.25) is 0 Å². The lowest BCUT2D eigenvalue weighted by molar-refractivity contribution is 0.154. The van der Waals surface area contributed by atoms with Crippen LogP contribution in [0, 0.1) is 5.92 Å². The normalized spacial score (nSPS) is 47.5. The van der Waals surface area contributed by atoms with Gasteiger partial charge in [-0.3, -0.25) is 0 Å². The molecule has 3 N–H and O–H groups in total. The van der Waals surface area contributed by atoms with Crippen LogP contribution in [0.1, 0.15) is 12.8 Å². The third-order valence-electron chi connectivity index (χ3n) is 2.74. The Bertz CT molecular complexity index is 156. The van der Waals surface area contributed by atoms with Crippen molar-refractivity contribution in [1.29, 1.82) is 0 Å². The van der Waals surface area contributed by atoms with Crippen molar-refractivity contribution in [3.8, 4) is 0 Å². The summed E-state index contributed by atoms with van der Waals surface area (Å²) in [5.41, 5.74) is 0. The fourth-order valence-electron chi connectivity index (χ4n) is 1.83. The fourth-order valence-corrected chi connectivity index (χ4v) is 1.83. The highest BCUT2D eigenvalue weighted by molar-refractivity contribution is 4.89. The first-order valence-electron chi connectivity index (χ1n) is 4.49. The fraction of sp³-hybridized carbons (Fsp3) is 1.00. The summed E-state index contributed by atoms with van der Waals surface area (Å²) in [4.78, 5) is 0.